The van der Waals surface area contributed by atoms with Crippen molar-refractivity contribution in [2.75, 3.05) is 26.2 Å². The summed E-state index contributed by atoms with van der Waals surface area (Å²) in [5.74, 6) is -1.08. The van der Waals surface area contributed by atoms with Crippen molar-refractivity contribution in [2.45, 2.75) is 47.1 Å². The molecule has 0 fully saturated rings. The van der Waals surface area contributed by atoms with Gasteiger partial charge in [0.1, 0.15) is 0 Å². The van der Waals surface area contributed by atoms with Crippen LogP contribution in [-0.4, -0.2) is 43.1 Å². The van der Waals surface area contributed by atoms with Gasteiger partial charge in [0.15, 0.2) is 0 Å². The van der Waals surface area contributed by atoms with Gasteiger partial charge in [-0.3, -0.25) is 4.79 Å². The van der Waals surface area contributed by atoms with Crippen LogP contribution >= 0.6 is 12.4 Å². The number of rotatable bonds is 9. The van der Waals surface area contributed by atoms with Crippen LogP contribution in [0.1, 0.15) is 47.1 Å². The number of halogens is 1. The number of esters is 2. The molecule has 1 aromatic rings. The molecule has 1 rings (SSSR count). The summed E-state index contributed by atoms with van der Waals surface area (Å²) in [5, 5.41) is 0. The van der Waals surface area contributed by atoms with Crippen LogP contribution < -0.4 is 0 Å². The first-order valence-electron chi connectivity index (χ1n) is 8.79. The SMILES string of the molecule is CCN(CC)CC(C)(C)COC(=O)C(C)(OC(C)=O)c1ccccc1.Cl. The van der Waals surface area contributed by atoms with Gasteiger partial charge in [-0.25, -0.2) is 4.79 Å². The van der Waals surface area contributed by atoms with Gasteiger partial charge in [0, 0.05) is 24.4 Å². The maximum absolute atomic E-state index is 12.8. The van der Waals surface area contributed by atoms with Gasteiger partial charge in [0.05, 0.1) is 6.61 Å². The van der Waals surface area contributed by atoms with Crippen molar-refractivity contribution in [1.29, 1.82) is 0 Å². The third-order valence-corrected chi connectivity index (χ3v) is 4.20. The smallest absolute Gasteiger partial charge is 0.355 e. The monoisotopic (exact) mass is 385 g/mol. The van der Waals surface area contributed by atoms with Crippen LogP contribution in [0.15, 0.2) is 30.3 Å². The lowest BCUT2D eigenvalue weighted by atomic mass is 9.93. The highest BCUT2D eigenvalue weighted by atomic mass is 35.5. The van der Waals surface area contributed by atoms with Crippen molar-refractivity contribution >= 4 is 24.3 Å². The summed E-state index contributed by atoms with van der Waals surface area (Å²) < 4.78 is 10.9. The van der Waals surface area contributed by atoms with Gasteiger partial charge >= 0.3 is 11.9 Å². The molecule has 1 unspecified atom stereocenters. The molecule has 1 aromatic carbocycles. The predicted molar refractivity (Wildman–Crippen MR) is 105 cm³/mol. The van der Waals surface area contributed by atoms with Gasteiger partial charge in [-0.2, -0.15) is 0 Å². The highest BCUT2D eigenvalue weighted by Crippen LogP contribution is 2.28. The zero-order chi connectivity index (χ0) is 19.1. The number of hydrogen-bond acceptors (Lipinski definition) is 5. The van der Waals surface area contributed by atoms with E-state index < -0.39 is 17.5 Å². The van der Waals surface area contributed by atoms with Crippen LogP contribution in [0.3, 0.4) is 0 Å². The molecule has 0 spiro atoms. The molecule has 0 aliphatic rings. The Balaban J connectivity index is 0.00000625. The van der Waals surface area contributed by atoms with Crippen molar-refractivity contribution < 1.29 is 19.1 Å². The Labute approximate surface area is 163 Å². The molecule has 0 radical (unpaired) electrons. The highest BCUT2D eigenvalue weighted by molar-refractivity contribution is 5.85. The number of benzene rings is 1. The van der Waals surface area contributed by atoms with Gasteiger partial charge in [-0.1, -0.05) is 58.0 Å². The minimum Gasteiger partial charge on any atom is -0.462 e. The van der Waals surface area contributed by atoms with Crippen molar-refractivity contribution in [3.8, 4) is 0 Å². The maximum atomic E-state index is 12.8. The third kappa shape index (κ3) is 6.96. The molecular weight excluding hydrogens is 354 g/mol. The Kier molecular flexibility index (Phi) is 9.89. The van der Waals surface area contributed by atoms with Gasteiger partial charge < -0.3 is 14.4 Å². The molecule has 0 bridgehead atoms. The van der Waals surface area contributed by atoms with E-state index in [0.29, 0.717) is 5.56 Å². The second kappa shape index (κ2) is 10.5. The largest absolute Gasteiger partial charge is 0.462 e. The van der Waals surface area contributed by atoms with E-state index in [0.717, 1.165) is 19.6 Å². The molecule has 148 valence electrons. The number of carbonyl (C=O) groups excluding carboxylic acids is 2. The summed E-state index contributed by atoms with van der Waals surface area (Å²) in [4.78, 5) is 26.6. The lowest BCUT2D eigenvalue weighted by Crippen LogP contribution is -2.42. The second-order valence-corrected chi connectivity index (χ2v) is 7.19. The highest BCUT2D eigenvalue weighted by Gasteiger charge is 2.41. The number of carbonyl (C=O) groups is 2. The Hall–Kier alpha value is -1.59. The Morgan fingerprint density at radius 3 is 2.04 bits per heavy atom. The molecule has 0 saturated carbocycles. The minimum atomic E-state index is -1.45. The zero-order valence-corrected chi connectivity index (χ0v) is 17.5. The van der Waals surface area contributed by atoms with Crippen molar-refractivity contribution in [3.63, 3.8) is 0 Å². The van der Waals surface area contributed by atoms with Crippen LogP contribution in [0, 0.1) is 5.41 Å². The van der Waals surface area contributed by atoms with E-state index in [1.54, 1.807) is 31.2 Å². The molecule has 5 nitrogen and oxygen atoms in total. The van der Waals surface area contributed by atoms with Gasteiger partial charge in [-0.15, -0.1) is 12.4 Å². The molecule has 0 amide bonds. The van der Waals surface area contributed by atoms with E-state index in [2.05, 4.69) is 32.6 Å². The topological polar surface area (TPSA) is 55.8 Å². The van der Waals surface area contributed by atoms with Crippen molar-refractivity contribution in [2.24, 2.45) is 5.41 Å². The second-order valence-electron chi connectivity index (χ2n) is 7.19. The molecular formula is C20H32ClNO4. The fourth-order valence-corrected chi connectivity index (χ4v) is 2.76. The molecule has 0 aliphatic carbocycles. The van der Waals surface area contributed by atoms with Gasteiger partial charge in [-0.05, 0) is 20.0 Å². The van der Waals surface area contributed by atoms with Gasteiger partial charge in [0.25, 0.3) is 0 Å². The van der Waals surface area contributed by atoms with E-state index in [1.165, 1.54) is 6.92 Å². The maximum Gasteiger partial charge on any atom is 0.355 e. The average molecular weight is 386 g/mol. The summed E-state index contributed by atoms with van der Waals surface area (Å²) in [6, 6.07) is 8.95. The van der Waals surface area contributed by atoms with Crippen LogP contribution in [0.2, 0.25) is 0 Å². The predicted octanol–water partition coefficient (Wildman–Crippen LogP) is 3.80. The number of hydrogen-bond donors (Lipinski definition) is 0. The molecule has 0 N–H and O–H groups in total. The molecule has 0 aromatic heterocycles. The van der Waals surface area contributed by atoms with E-state index in [1.807, 2.05) is 6.07 Å². The summed E-state index contributed by atoms with van der Waals surface area (Å²) in [7, 11) is 0. The summed E-state index contributed by atoms with van der Waals surface area (Å²) in [6.07, 6.45) is 0. The summed E-state index contributed by atoms with van der Waals surface area (Å²) in [5.41, 5.74) is -1.05. The van der Waals surface area contributed by atoms with E-state index in [4.69, 9.17) is 9.47 Å². The minimum absolute atomic E-state index is 0. The molecule has 6 heteroatoms. The average Bonchev–Trinajstić information content (AvgIpc) is 2.57. The third-order valence-electron chi connectivity index (χ3n) is 4.20. The standard InChI is InChI=1S/C20H31NO4.ClH/c1-7-21(8-2)14-19(4,5)15-24-18(23)20(6,25-16(3)22)17-12-10-9-11-13-17;/h9-13H,7-8,14-15H2,1-6H3;1H. The van der Waals surface area contributed by atoms with Crippen LogP contribution in [0.25, 0.3) is 0 Å². The van der Waals surface area contributed by atoms with E-state index in [9.17, 15) is 9.59 Å². The Bertz CT molecular complexity index is 572. The Morgan fingerprint density at radius 1 is 1.04 bits per heavy atom. The van der Waals surface area contributed by atoms with E-state index in [-0.39, 0.29) is 24.4 Å². The van der Waals surface area contributed by atoms with Crippen LogP contribution in [0.4, 0.5) is 0 Å². The first-order chi connectivity index (χ1) is 11.6. The zero-order valence-electron chi connectivity index (χ0n) is 16.7. The molecule has 26 heavy (non-hydrogen) atoms. The molecule has 0 aliphatic heterocycles. The lowest BCUT2D eigenvalue weighted by molar-refractivity contribution is -0.183. The number of nitrogens with zero attached hydrogens (tertiary/aromatic N) is 1. The summed E-state index contributed by atoms with van der Waals surface area (Å²) in [6.45, 7) is 14.2. The summed E-state index contributed by atoms with van der Waals surface area (Å²) >= 11 is 0. The first-order valence-corrected chi connectivity index (χ1v) is 8.79. The van der Waals surface area contributed by atoms with Gasteiger partial charge in [0.2, 0.25) is 5.60 Å². The number of ether oxygens (including phenoxy) is 2. The van der Waals surface area contributed by atoms with Crippen molar-refractivity contribution in [3.05, 3.63) is 35.9 Å². The Morgan fingerprint density at radius 2 is 1.58 bits per heavy atom. The molecule has 1 atom stereocenters. The van der Waals surface area contributed by atoms with E-state index >= 15 is 0 Å². The normalized spacial score (nSPS) is 13.5. The molecule has 0 saturated heterocycles. The van der Waals surface area contributed by atoms with Crippen LogP contribution in [-0.2, 0) is 24.7 Å². The fourth-order valence-electron chi connectivity index (χ4n) is 2.76. The first kappa shape index (κ1) is 24.4. The van der Waals surface area contributed by atoms with Crippen molar-refractivity contribution in [1.82, 2.24) is 4.90 Å². The molecule has 0 heterocycles. The lowest BCUT2D eigenvalue weighted by Gasteiger charge is -2.33. The van der Waals surface area contributed by atoms with Crippen LogP contribution in [0.5, 0.6) is 0 Å². The quantitative estimate of drug-likeness (QED) is 0.605. The fraction of sp³-hybridized carbons (Fsp3) is 0.600.